The van der Waals surface area contributed by atoms with Crippen LogP contribution < -0.4 is 0 Å². The smallest absolute Gasteiger partial charge is 0.331 e. The second-order valence-corrected chi connectivity index (χ2v) is 2.93. The summed E-state index contributed by atoms with van der Waals surface area (Å²) in [5, 5.41) is 0. The molecule has 0 heterocycles. The minimum absolute atomic E-state index is 0.304. The zero-order valence-electron chi connectivity index (χ0n) is 8.91. The first-order valence-electron chi connectivity index (χ1n) is 4.67. The molecule has 0 aliphatic rings. The Balaban J connectivity index is 4.11. The Hall–Kier alpha value is -0.990. The maximum Gasteiger partial charge on any atom is 0.331 e. The lowest BCUT2D eigenvalue weighted by Gasteiger charge is -2.24. The summed E-state index contributed by atoms with van der Waals surface area (Å²) in [6.45, 7) is 7.22. The molecule has 1 atom stereocenters. The highest BCUT2D eigenvalue weighted by Crippen LogP contribution is 2.03. The third kappa shape index (κ3) is 4.55. The number of nitrogens with zero attached hydrogens (tertiary/aromatic N) is 1. The third-order valence-electron chi connectivity index (χ3n) is 2.13. The quantitative estimate of drug-likeness (QED) is 0.483. The van der Waals surface area contributed by atoms with Crippen LogP contribution in [0, 0.1) is 0 Å². The second-order valence-electron chi connectivity index (χ2n) is 2.93. The molecule has 13 heavy (non-hydrogen) atoms. The molecule has 0 saturated heterocycles. The lowest BCUT2D eigenvalue weighted by atomic mass is 10.2. The number of ether oxygens (including phenoxy) is 1. The molecule has 0 bridgehead atoms. The zero-order valence-corrected chi connectivity index (χ0v) is 8.91. The van der Waals surface area contributed by atoms with Gasteiger partial charge in [0, 0.05) is 24.9 Å². The lowest BCUT2D eigenvalue weighted by molar-refractivity contribution is -0.134. The fourth-order valence-corrected chi connectivity index (χ4v) is 1.02. The summed E-state index contributed by atoms with van der Waals surface area (Å²) in [7, 11) is 1.38. The Morgan fingerprint density at radius 1 is 1.54 bits per heavy atom. The summed E-state index contributed by atoms with van der Waals surface area (Å²) in [5.41, 5.74) is 0. The first-order chi connectivity index (χ1) is 6.15. The minimum Gasteiger partial charge on any atom is -0.466 e. The molecule has 0 rings (SSSR count). The average Bonchev–Trinajstić information content (AvgIpc) is 2.17. The number of carbonyl (C=O) groups is 1. The van der Waals surface area contributed by atoms with Crippen LogP contribution in [0.4, 0.5) is 0 Å². The Morgan fingerprint density at radius 2 is 2.15 bits per heavy atom. The van der Waals surface area contributed by atoms with Crippen LogP contribution in [0.5, 0.6) is 0 Å². The van der Waals surface area contributed by atoms with Crippen molar-refractivity contribution in [2.24, 2.45) is 0 Å². The van der Waals surface area contributed by atoms with Crippen molar-refractivity contribution in [1.82, 2.24) is 4.90 Å². The molecule has 76 valence electrons. The predicted octanol–water partition coefficient (Wildman–Crippen LogP) is 1.79. The Morgan fingerprint density at radius 3 is 2.54 bits per heavy atom. The molecule has 0 aromatic rings. The maximum atomic E-state index is 10.8. The minimum atomic E-state index is -0.304. The summed E-state index contributed by atoms with van der Waals surface area (Å²) >= 11 is 0. The van der Waals surface area contributed by atoms with E-state index in [9.17, 15) is 4.79 Å². The molecule has 0 aliphatic heterocycles. The van der Waals surface area contributed by atoms with E-state index in [1.165, 1.54) is 13.2 Å². The molecule has 0 saturated carbocycles. The molecule has 0 N–H and O–H groups in total. The van der Waals surface area contributed by atoms with Crippen molar-refractivity contribution < 1.29 is 9.53 Å². The van der Waals surface area contributed by atoms with Crippen LogP contribution >= 0.6 is 0 Å². The van der Waals surface area contributed by atoms with Crippen molar-refractivity contribution in [3.05, 3.63) is 12.3 Å². The molecule has 0 fully saturated rings. The molecule has 0 radical (unpaired) electrons. The first kappa shape index (κ1) is 12.0. The van der Waals surface area contributed by atoms with E-state index in [1.807, 2.05) is 0 Å². The van der Waals surface area contributed by atoms with Gasteiger partial charge in [0.15, 0.2) is 0 Å². The van der Waals surface area contributed by atoms with E-state index >= 15 is 0 Å². The van der Waals surface area contributed by atoms with E-state index in [1.54, 1.807) is 6.20 Å². The molecule has 0 amide bonds. The summed E-state index contributed by atoms with van der Waals surface area (Å²) in [6.07, 6.45) is 4.31. The summed E-state index contributed by atoms with van der Waals surface area (Å²) in [4.78, 5) is 12.9. The van der Waals surface area contributed by atoms with Gasteiger partial charge >= 0.3 is 5.97 Å². The average molecular weight is 185 g/mol. The van der Waals surface area contributed by atoms with Gasteiger partial charge in [0.05, 0.1) is 7.11 Å². The maximum absolute atomic E-state index is 10.8. The van der Waals surface area contributed by atoms with Crippen LogP contribution in [0.3, 0.4) is 0 Å². The molecular weight excluding hydrogens is 166 g/mol. The standard InChI is InChI=1S/C10H19NO2/c1-5-9(3)11(6-2)8-7-10(12)13-4/h7-9H,5-6H2,1-4H3. The van der Waals surface area contributed by atoms with E-state index < -0.39 is 0 Å². The summed E-state index contributed by atoms with van der Waals surface area (Å²) in [5.74, 6) is -0.304. The van der Waals surface area contributed by atoms with Gasteiger partial charge in [-0.3, -0.25) is 0 Å². The number of carbonyl (C=O) groups excluding carboxylic acids is 1. The van der Waals surface area contributed by atoms with Gasteiger partial charge in [-0.2, -0.15) is 0 Å². The molecular formula is C10H19NO2. The second kappa shape index (κ2) is 6.52. The molecule has 0 aromatic carbocycles. The van der Waals surface area contributed by atoms with Gasteiger partial charge in [-0.1, -0.05) is 6.92 Å². The number of hydrogen-bond donors (Lipinski definition) is 0. The van der Waals surface area contributed by atoms with Crippen molar-refractivity contribution in [3.8, 4) is 0 Å². The SMILES string of the molecule is CCC(C)N(C=CC(=O)OC)CC. The van der Waals surface area contributed by atoms with Crippen LogP contribution in [0.15, 0.2) is 12.3 Å². The van der Waals surface area contributed by atoms with Gasteiger partial charge in [0.2, 0.25) is 0 Å². The highest BCUT2D eigenvalue weighted by molar-refractivity contribution is 5.81. The van der Waals surface area contributed by atoms with E-state index in [-0.39, 0.29) is 5.97 Å². The fourth-order valence-electron chi connectivity index (χ4n) is 1.02. The largest absolute Gasteiger partial charge is 0.466 e. The van der Waals surface area contributed by atoms with Gasteiger partial charge in [-0.25, -0.2) is 4.79 Å². The van der Waals surface area contributed by atoms with E-state index in [4.69, 9.17) is 0 Å². The van der Waals surface area contributed by atoms with Crippen LogP contribution in [0.1, 0.15) is 27.2 Å². The molecule has 0 spiro atoms. The first-order valence-corrected chi connectivity index (χ1v) is 4.67. The molecule has 1 unspecified atom stereocenters. The topological polar surface area (TPSA) is 29.5 Å². The Labute approximate surface area is 80.4 Å². The van der Waals surface area contributed by atoms with Crippen LogP contribution in [-0.2, 0) is 9.53 Å². The monoisotopic (exact) mass is 185 g/mol. The van der Waals surface area contributed by atoms with Crippen molar-refractivity contribution in [1.29, 1.82) is 0 Å². The van der Waals surface area contributed by atoms with Crippen LogP contribution in [0.25, 0.3) is 0 Å². The molecule has 3 nitrogen and oxygen atoms in total. The normalized spacial score (nSPS) is 12.9. The Bertz CT molecular complexity index is 178. The number of rotatable bonds is 5. The zero-order chi connectivity index (χ0) is 10.3. The number of methoxy groups -OCH3 is 1. The number of hydrogen-bond acceptors (Lipinski definition) is 3. The van der Waals surface area contributed by atoms with E-state index in [0.717, 1.165) is 13.0 Å². The van der Waals surface area contributed by atoms with Crippen LogP contribution in [0.2, 0.25) is 0 Å². The number of esters is 1. The highest BCUT2D eigenvalue weighted by atomic mass is 16.5. The van der Waals surface area contributed by atoms with Gasteiger partial charge in [0.25, 0.3) is 0 Å². The predicted molar refractivity (Wildman–Crippen MR) is 53.3 cm³/mol. The molecule has 0 aromatic heterocycles. The summed E-state index contributed by atoms with van der Waals surface area (Å²) < 4.78 is 4.51. The molecule has 3 heteroatoms. The van der Waals surface area contributed by atoms with Gasteiger partial charge in [-0.05, 0) is 20.3 Å². The molecule has 0 aliphatic carbocycles. The summed E-state index contributed by atoms with van der Waals surface area (Å²) in [6, 6.07) is 0.464. The fraction of sp³-hybridized carbons (Fsp3) is 0.700. The van der Waals surface area contributed by atoms with Crippen molar-refractivity contribution in [3.63, 3.8) is 0 Å². The van der Waals surface area contributed by atoms with Crippen molar-refractivity contribution in [2.75, 3.05) is 13.7 Å². The third-order valence-corrected chi connectivity index (χ3v) is 2.13. The van der Waals surface area contributed by atoms with Gasteiger partial charge < -0.3 is 9.64 Å². The highest BCUT2D eigenvalue weighted by Gasteiger charge is 2.04. The van der Waals surface area contributed by atoms with Crippen molar-refractivity contribution >= 4 is 5.97 Å². The van der Waals surface area contributed by atoms with E-state index in [0.29, 0.717) is 6.04 Å². The lowest BCUT2D eigenvalue weighted by Crippen LogP contribution is -2.27. The Kier molecular flexibility index (Phi) is 6.02. The van der Waals surface area contributed by atoms with Gasteiger partial charge in [-0.15, -0.1) is 0 Å². The van der Waals surface area contributed by atoms with Crippen LogP contribution in [-0.4, -0.2) is 30.6 Å². The van der Waals surface area contributed by atoms with Gasteiger partial charge in [0.1, 0.15) is 0 Å². The van der Waals surface area contributed by atoms with E-state index in [2.05, 4.69) is 30.4 Å². The van der Waals surface area contributed by atoms with Crippen molar-refractivity contribution in [2.45, 2.75) is 33.2 Å².